The zero-order chi connectivity index (χ0) is 20.1. The van der Waals surface area contributed by atoms with E-state index in [1.807, 2.05) is 6.92 Å². The maximum absolute atomic E-state index is 12.8. The van der Waals surface area contributed by atoms with Crippen LogP contribution in [0.2, 0.25) is 5.02 Å². The van der Waals surface area contributed by atoms with E-state index in [1.165, 1.54) is 22.5 Å². The topological polar surface area (TPSA) is 84.9 Å². The number of sulfonamides is 1. The van der Waals surface area contributed by atoms with E-state index in [2.05, 4.69) is 5.32 Å². The van der Waals surface area contributed by atoms with E-state index in [4.69, 9.17) is 21.1 Å². The lowest BCUT2D eigenvalue weighted by Gasteiger charge is -2.26. The number of nitrogens with zero attached hydrogens (tertiary/aromatic N) is 1. The van der Waals surface area contributed by atoms with Gasteiger partial charge >= 0.3 is 0 Å². The number of rotatable bonds is 6. The summed E-state index contributed by atoms with van der Waals surface area (Å²) in [5.74, 6) is 0.00254. The Morgan fingerprint density at radius 3 is 2.64 bits per heavy atom. The van der Waals surface area contributed by atoms with Crippen molar-refractivity contribution in [2.45, 2.75) is 11.8 Å². The molecule has 1 saturated heterocycles. The molecule has 7 nitrogen and oxygen atoms in total. The van der Waals surface area contributed by atoms with E-state index < -0.39 is 15.9 Å². The lowest BCUT2D eigenvalue weighted by Crippen LogP contribution is -2.40. The third-order valence-electron chi connectivity index (χ3n) is 4.23. The molecule has 1 heterocycles. The molecule has 0 spiro atoms. The fourth-order valence-corrected chi connectivity index (χ4v) is 4.45. The Labute approximate surface area is 169 Å². The number of halogens is 1. The third-order valence-corrected chi connectivity index (χ3v) is 6.45. The molecule has 2 aromatic carbocycles. The van der Waals surface area contributed by atoms with Crippen molar-refractivity contribution in [3.63, 3.8) is 0 Å². The summed E-state index contributed by atoms with van der Waals surface area (Å²) in [5.41, 5.74) is 0.550. The predicted molar refractivity (Wildman–Crippen MR) is 107 cm³/mol. The maximum Gasteiger partial charge on any atom is 0.257 e. The Hall–Kier alpha value is -2.13. The Balaban J connectivity index is 1.88. The minimum atomic E-state index is -3.73. The fourth-order valence-electron chi connectivity index (χ4n) is 2.82. The van der Waals surface area contributed by atoms with Crippen LogP contribution >= 0.6 is 11.6 Å². The number of amides is 1. The van der Waals surface area contributed by atoms with Crippen molar-refractivity contribution in [2.24, 2.45) is 0 Å². The van der Waals surface area contributed by atoms with Crippen molar-refractivity contribution < 1.29 is 22.7 Å². The molecule has 3 rings (SSSR count). The summed E-state index contributed by atoms with van der Waals surface area (Å²) in [4.78, 5) is 12.8. The predicted octanol–water partition coefficient (Wildman–Crippen LogP) is 3.01. The molecule has 0 unspecified atom stereocenters. The molecule has 0 bridgehead atoms. The molecule has 1 fully saturated rings. The van der Waals surface area contributed by atoms with Gasteiger partial charge in [-0.2, -0.15) is 4.31 Å². The van der Waals surface area contributed by atoms with Gasteiger partial charge in [-0.3, -0.25) is 4.79 Å². The molecule has 150 valence electrons. The standard InChI is InChI=1S/C19H21ClN2O5S/c1-2-27-18-6-4-3-5-17(18)21-19(23)15-13-14(7-8-16(15)20)28(24,25)22-9-11-26-12-10-22/h3-8,13H,2,9-12H2,1H3,(H,21,23). The average Bonchev–Trinajstić information content (AvgIpc) is 2.70. The first-order chi connectivity index (χ1) is 13.4. The lowest BCUT2D eigenvalue weighted by atomic mass is 10.2. The Bertz CT molecular complexity index is 959. The molecule has 9 heteroatoms. The first kappa shape index (κ1) is 20.6. The van der Waals surface area contributed by atoms with E-state index in [0.717, 1.165) is 0 Å². The van der Waals surface area contributed by atoms with Gasteiger partial charge in [0, 0.05) is 13.1 Å². The molecule has 1 N–H and O–H groups in total. The number of benzene rings is 2. The van der Waals surface area contributed by atoms with Gasteiger partial charge in [-0.25, -0.2) is 8.42 Å². The van der Waals surface area contributed by atoms with E-state index in [9.17, 15) is 13.2 Å². The molecule has 1 amide bonds. The van der Waals surface area contributed by atoms with Crippen LogP contribution in [0.4, 0.5) is 5.69 Å². The minimum Gasteiger partial charge on any atom is -0.492 e. The summed E-state index contributed by atoms with van der Waals surface area (Å²) in [6.07, 6.45) is 0. The van der Waals surface area contributed by atoms with Crippen LogP contribution in [-0.2, 0) is 14.8 Å². The van der Waals surface area contributed by atoms with Crippen molar-refractivity contribution in [3.8, 4) is 5.75 Å². The Kier molecular flexibility index (Phi) is 6.56. The molecular formula is C19H21ClN2O5S. The zero-order valence-electron chi connectivity index (χ0n) is 15.4. The van der Waals surface area contributed by atoms with Crippen LogP contribution < -0.4 is 10.1 Å². The van der Waals surface area contributed by atoms with Gasteiger partial charge in [0.15, 0.2) is 0 Å². The number of hydrogen-bond acceptors (Lipinski definition) is 5. The first-order valence-electron chi connectivity index (χ1n) is 8.84. The number of para-hydroxylation sites is 2. The van der Waals surface area contributed by atoms with Crippen molar-refractivity contribution in [1.29, 1.82) is 0 Å². The van der Waals surface area contributed by atoms with Gasteiger partial charge in [0.05, 0.1) is 41.0 Å². The number of hydrogen-bond donors (Lipinski definition) is 1. The Morgan fingerprint density at radius 1 is 1.21 bits per heavy atom. The highest BCUT2D eigenvalue weighted by Gasteiger charge is 2.27. The summed E-state index contributed by atoms with van der Waals surface area (Å²) in [6.45, 7) is 3.52. The van der Waals surface area contributed by atoms with Crippen LogP contribution in [0.15, 0.2) is 47.4 Å². The molecular weight excluding hydrogens is 404 g/mol. The minimum absolute atomic E-state index is 0.0158. The quantitative estimate of drug-likeness (QED) is 0.770. The number of carbonyl (C=O) groups excluding carboxylic acids is 1. The molecule has 0 saturated carbocycles. The molecule has 0 radical (unpaired) electrons. The highest BCUT2D eigenvalue weighted by atomic mass is 35.5. The van der Waals surface area contributed by atoms with Crippen molar-refractivity contribution in [2.75, 3.05) is 38.2 Å². The molecule has 0 aromatic heterocycles. The van der Waals surface area contributed by atoms with Gasteiger partial charge in [-0.1, -0.05) is 23.7 Å². The fraction of sp³-hybridized carbons (Fsp3) is 0.316. The van der Waals surface area contributed by atoms with Gasteiger partial charge in [-0.05, 0) is 37.3 Å². The summed E-state index contributed by atoms with van der Waals surface area (Å²) in [5, 5.41) is 2.89. The van der Waals surface area contributed by atoms with Crippen LogP contribution in [0, 0.1) is 0 Å². The maximum atomic E-state index is 12.8. The monoisotopic (exact) mass is 424 g/mol. The van der Waals surface area contributed by atoms with Gasteiger partial charge < -0.3 is 14.8 Å². The van der Waals surface area contributed by atoms with E-state index in [0.29, 0.717) is 31.3 Å². The highest BCUT2D eigenvalue weighted by Crippen LogP contribution is 2.27. The van der Waals surface area contributed by atoms with Crippen molar-refractivity contribution >= 4 is 33.2 Å². The summed E-state index contributed by atoms with van der Waals surface area (Å²) >= 11 is 6.17. The second-order valence-electron chi connectivity index (χ2n) is 6.04. The average molecular weight is 425 g/mol. The largest absolute Gasteiger partial charge is 0.492 e. The third kappa shape index (κ3) is 4.47. The van der Waals surface area contributed by atoms with Gasteiger partial charge in [0.2, 0.25) is 10.0 Å². The van der Waals surface area contributed by atoms with Crippen LogP contribution in [0.3, 0.4) is 0 Å². The second-order valence-corrected chi connectivity index (χ2v) is 8.39. The second kappa shape index (κ2) is 8.91. The molecule has 2 aromatic rings. The van der Waals surface area contributed by atoms with E-state index in [-0.39, 0.29) is 28.6 Å². The molecule has 0 aliphatic carbocycles. The van der Waals surface area contributed by atoms with Crippen LogP contribution in [-0.4, -0.2) is 51.5 Å². The summed E-state index contributed by atoms with van der Waals surface area (Å²) in [7, 11) is -3.73. The normalized spacial score (nSPS) is 15.2. The summed E-state index contributed by atoms with van der Waals surface area (Å²) in [6, 6.07) is 11.1. The van der Waals surface area contributed by atoms with Crippen LogP contribution in [0.1, 0.15) is 17.3 Å². The highest BCUT2D eigenvalue weighted by molar-refractivity contribution is 7.89. The van der Waals surface area contributed by atoms with Crippen LogP contribution in [0.25, 0.3) is 0 Å². The number of anilines is 1. The number of nitrogens with one attached hydrogen (secondary N) is 1. The number of morpholine rings is 1. The SMILES string of the molecule is CCOc1ccccc1NC(=O)c1cc(S(=O)(=O)N2CCOCC2)ccc1Cl. The Morgan fingerprint density at radius 2 is 1.93 bits per heavy atom. The molecule has 1 aliphatic rings. The smallest absolute Gasteiger partial charge is 0.257 e. The zero-order valence-corrected chi connectivity index (χ0v) is 16.9. The first-order valence-corrected chi connectivity index (χ1v) is 10.7. The van der Waals surface area contributed by atoms with Gasteiger partial charge in [-0.15, -0.1) is 0 Å². The van der Waals surface area contributed by atoms with Crippen LogP contribution in [0.5, 0.6) is 5.75 Å². The molecule has 0 atom stereocenters. The molecule has 1 aliphatic heterocycles. The van der Waals surface area contributed by atoms with Crippen molar-refractivity contribution in [3.05, 3.63) is 53.1 Å². The lowest BCUT2D eigenvalue weighted by molar-refractivity contribution is 0.0730. The summed E-state index contributed by atoms with van der Waals surface area (Å²) < 4.78 is 37.7. The van der Waals surface area contributed by atoms with Crippen molar-refractivity contribution in [1.82, 2.24) is 4.31 Å². The number of ether oxygens (including phenoxy) is 2. The van der Waals surface area contributed by atoms with E-state index >= 15 is 0 Å². The van der Waals surface area contributed by atoms with Gasteiger partial charge in [0.1, 0.15) is 5.75 Å². The van der Waals surface area contributed by atoms with E-state index in [1.54, 1.807) is 24.3 Å². The molecule has 28 heavy (non-hydrogen) atoms. The number of carbonyl (C=O) groups is 1. The van der Waals surface area contributed by atoms with Gasteiger partial charge in [0.25, 0.3) is 5.91 Å².